The molecular formula is C12H20O2. The van der Waals surface area contributed by atoms with Crippen molar-refractivity contribution >= 4 is 5.78 Å². The van der Waals surface area contributed by atoms with E-state index in [9.17, 15) is 9.90 Å². The van der Waals surface area contributed by atoms with E-state index >= 15 is 0 Å². The lowest BCUT2D eigenvalue weighted by Gasteiger charge is -2.36. The largest absolute Gasteiger partial charge is 0.381 e. The third-order valence-corrected chi connectivity index (χ3v) is 3.19. The van der Waals surface area contributed by atoms with Gasteiger partial charge in [-0.2, -0.15) is 0 Å². The monoisotopic (exact) mass is 196 g/mol. The number of carbonyl (C=O) groups excluding carboxylic acids is 1. The minimum atomic E-state index is -1.10. The van der Waals surface area contributed by atoms with E-state index < -0.39 is 5.60 Å². The Morgan fingerprint density at radius 2 is 2.36 bits per heavy atom. The van der Waals surface area contributed by atoms with Gasteiger partial charge in [-0.1, -0.05) is 19.4 Å². The van der Waals surface area contributed by atoms with E-state index in [1.54, 1.807) is 6.08 Å². The van der Waals surface area contributed by atoms with Gasteiger partial charge in [0, 0.05) is 12.3 Å². The summed E-state index contributed by atoms with van der Waals surface area (Å²) < 4.78 is 0. The van der Waals surface area contributed by atoms with E-state index in [1.807, 2.05) is 0 Å². The summed E-state index contributed by atoms with van der Waals surface area (Å²) >= 11 is 0. The summed E-state index contributed by atoms with van der Waals surface area (Å²) in [5, 5.41) is 10.3. The molecular weight excluding hydrogens is 176 g/mol. The van der Waals surface area contributed by atoms with Gasteiger partial charge in [0.15, 0.2) is 5.78 Å². The van der Waals surface area contributed by atoms with Gasteiger partial charge in [0.2, 0.25) is 0 Å². The van der Waals surface area contributed by atoms with Gasteiger partial charge in [0.1, 0.15) is 5.60 Å². The number of hydrogen-bond donors (Lipinski definition) is 1. The van der Waals surface area contributed by atoms with Crippen LogP contribution in [0.15, 0.2) is 12.7 Å². The van der Waals surface area contributed by atoms with Crippen LogP contribution in [-0.2, 0) is 4.79 Å². The van der Waals surface area contributed by atoms with E-state index in [0.29, 0.717) is 12.8 Å². The molecule has 2 atom stereocenters. The maximum Gasteiger partial charge on any atom is 0.164 e. The van der Waals surface area contributed by atoms with Gasteiger partial charge in [0.05, 0.1) is 0 Å². The van der Waals surface area contributed by atoms with Crippen molar-refractivity contribution in [2.75, 3.05) is 0 Å². The van der Waals surface area contributed by atoms with Crippen molar-refractivity contribution in [3.05, 3.63) is 12.7 Å². The molecule has 2 heteroatoms. The topological polar surface area (TPSA) is 37.3 Å². The highest BCUT2D eigenvalue weighted by Gasteiger charge is 2.42. The molecule has 1 aliphatic rings. The Morgan fingerprint density at radius 1 is 1.64 bits per heavy atom. The predicted molar refractivity (Wildman–Crippen MR) is 57.0 cm³/mol. The molecule has 0 aliphatic heterocycles. The first-order valence-electron chi connectivity index (χ1n) is 5.53. The maximum atomic E-state index is 11.7. The van der Waals surface area contributed by atoms with Crippen LogP contribution < -0.4 is 0 Å². The fourth-order valence-electron chi connectivity index (χ4n) is 2.29. The molecule has 0 spiro atoms. The average Bonchev–Trinajstić information content (AvgIpc) is 2.19. The minimum absolute atomic E-state index is 0.0158. The Labute approximate surface area is 86.0 Å². The summed E-state index contributed by atoms with van der Waals surface area (Å²) in [6.07, 6.45) is 6.60. The molecule has 0 amide bonds. The number of Topliss-reactive ketones (excluding diaryl/α,β-unsaturated/α-hetero) is 1. The number of aliphatic hydroxyl groups is 1. The third-order valence-electron chi connectivity index (χ3n) is 3.19. The third kappa shape index (κ3) is 2.06. The zero-order valence-electron chi connectivity index (χ0n) is 8.96. The Morgan fingerprint density at radius 3 is 2.86 bits per heavy atom. The number of rotatable bonds is 4. The highest BCUT2D eigenvalue weighted by atomic mass is 16.3. The smallest absolute Gasteiger partial charge is 0.164 e. The molecule has 1 fully saturated rings. The number of ketones is 1. The van der Waals surface area contributed by atoms with Crippen LogP contribution in [0, 0.1) is 5.92 Å². The van der Waals surface area contributed by atoms with Crippen molar-refractivity contribution in [3.63, 3.8) is 0 Å². The van der Waals surface area contributed by atoms with Crippen molar-refractivity contribution in [2.24, 2.45) is 5.92 Å². The van der Waals surface area contributed by atoms with Gasteiger partial charge < -0.3 is 5.11 Å². The van der Waals surface area contributed by atoms with Crippen molar-refractivity contribution < 1.29 is 9.90 Å². The lowest BCUT2D eigenvalue weighted by atomic mass is 9.73. The summed E-state index contributed by atoms with van der Waals surface area (Å²) in [6, 6.07) is 0. The zero-order chi connectivity index (χ0) is 10.6. The lowest BCUT2D eigenvalue weighted by Crippen LogP contribution is -2.47. The van der Waals surface area contributed by atoms with Gasteiger partial charge in [-0.3, -0.25) is 4.79 Å². The second kappa shape index (κ2) is 4.74. The maximum absolute atomic E-state index is 11.7. The fraction of sp³-hybridized carbons (Fsp3) is 0.750. The fourth-order valence-corrected chi connectivity index (χ4v) is 2.29. The molecule has 14 heavy (non-hydrogen) atoms. The molecule has 0 saturated heterocycles. The SMILES string of the molecule is C=C[C@H](CCC)[C@]1(O)CCCCC1=O. The molecule has 0 heterocycles. The van der Waals surface area contributed by atoms with Gasteiger partial charge >= 0.3 is 0 Å². The van der Waals surface area contributed by atoms with Crippen LogP contribution in [0.2, 0.25) is 0 Å². The Bertz CT molecular complexity index is 222. The van der Waals surface area contributed by atoms with Crippen molar-refractivity contribution in [1.29, 1.82) is 0 Å². The molecule has 80 valence electrons. The van der Waals surface area contributed by atoms with Crippen LogP contribution in [0.5, 0.6) is 0 Å². The van der Waals surface area contributed by atoms with Crippen LogP contribution >= 0.6 is 0 Å². The minimum Gasteiger partial charge on any atom is -0.381 e. The van der Waals surface area contributed by atoms with Gasteiger partial charge in [-0.15, -0.1) is 6.58 Å². The summed E-state index contributed by atoms with van der Waals surface area (Å²) in [6.45, 7) is 5.78. The first kappa shape index (κ1) is 11.4. The number of hydrogen-bond acceptors (Lipinski definition) is 2. The highest BCUT2D eigenvalue weighted by molar-refractivity contribution is 5.88. The molecule has 0 radical (unpaired) electrons. The molecule has 0 bridgehead atoms. The molecule has 1 N–H and O–H groups in total. The van der Waals surface area contributed by atoms with Crippen LogP contribution in [0.3, 0.4) is 0 Å². The van der Waals surface area contributed by atoms with Gasteiger partial charge in [0.25, 0.3) is 0 Å². The summed E-state index contributed by atoms with van der Waals surface area (Å²) in [4.78, 5) is 11.7. The average molecular weight is 196 g/mol. The zero-order valence-corrected chi connectivity index (χ0v) is 8.96. The van der Waals surface area contributed by atoms with E-state index in [0.717, 1.165) is 25.7 Å². The standard InChI is InChI=1S/C12H20O2/c1-3-7-10(4-2)12(14)9-6-5-8-11(12)13/h4,10,14H,2-3,5-9H2,1H3/t10-,12-/m1/s1. The Balaban J connectivity index is 2.77. The second-order valence-corrected chi connectivity index (χ2v) is 4.19. The Kier molecular flexibility index (Phi) is 3.87. The van der Waals surface area contributed by atoms with E-state index in [4.69, 9.17) is 0 Å². The molecule has 0 aromatic heterocycles. The van der Waals surface area contributed by atoms with E-state index in [1.165, 1.54) is 0 Å². The van der Waals surface area contributed by atoms with E-state index in [-0.39, 0.29) is 11.7 Å². The molecule has 1 rings (SSSR count). The molecule has 1 saturated carbocycles. The van der Waals surface area contributed by atoms with Crippen LogP contribution in [-0.4, -0.2) is 16.5 Å². The van der Waals surface area contributed by atoms with Crippen molar-refractivity contribution in [3.8, 4) is 0 Å². The molecule has 0 aromatic rings. The lowest BCUT2D eigenvalue weighted by molar-refractivity contribution is -0.145. The first-order valence-corrected chi connectivity index (χ1v) is 5.53. The van der Waals surface area contributed by atoms with Crippen molar-refractivity contribution in [2.45, 2.75) is 51.0 Å². The highest BCUT2D eigenvalue weighted by Crippen LogP contribution is 2.34. The van der Waals surface area contributed by atoms with Gasteiger partial charge in [-0.05, 0) is 25.7 Å². The van der Waals surface area contributed by atoms with Crippen LogP contribution in [0.4, 0.5) is 0 Å². The summed E-state index contributed by atoms with van der Waals surface area (Å²) in [5.41, 5.74) is -1.10. The first-order chi connectivity index (χ1) is 6.65. The predicted octanol–water partition coefficient (Wildman–Crippen LogP) is 2.46. The quantitative estimate of drug-likeness (QED) is 0.701. The molecule has 2 nitrogen and oxygen atoms in total. The molecule has 1 aliphatic carbocycles. The van der Waals surface area contributed by atoms with E-state index in [2.05, 4.69) is 13.5 Å². The Hall–Kier alpha value is -0.630. The number of carbonyl (C=O) groups is 1. The van der Waals surface area contributed by atoms with Crippen LogP contribution in [0.25, 0.3) is 0 Å². The summed E-state index contributed by atoms with van der Waals surface area (Å²) in [5.74, 6) is -0.0394. The van der Waals surface area contributed by atoms with Crippen LogP contribution in [0.1, 0.15) is 45.4 Å². The van der Waals surface area contributed by atoms with Gasteiger partial charge in [-0.25, -0.2) is 0 Å². The summed E-state index contributed by atoms with van der Waals surface area (Å²) in [7, 11) is 0. The molecule has 0 aromatic carbocycles. The second-order valence-electron chi connectivity index (χ2n) is 4.19. The normalized spacial score (nSPS) is 30.0. The molecule has 0 unspecified atom stereocenters. The van der Waals surface area contributed by atoms with Crippen molar-refractivity contribution in [1.82, 2.24) is 0 Å².